The van der Waals surface area contributed by atoms with Crippen LogP contribution in [0.3, 0.4) is 0 Å². The SMILES string of the molecule is CC(CNc1nc(N)nc2ccn(Cc3cccc(CCCCNc4nc(N)nc5cc(CCCCNc6nc(N)nc7ccn(Cc8cc9ccccc9cn8)c67)n(Cc6ncccn6)c45)c3)c12)C1CC1. The van der Waals surface area contributed by atoms with Gasteiger partial charge in [-0.05, 0) is 110 Å². The molecule has 18 nitrogen and oxygen atoms in total. The molecule has 18 heteroatoms. The smallest absolute Gasteiger partial charge is 0.222 e. The van der Waals surface area contributed by atoms with E-state index >= 15 is 0 Å². The van der Waals surface area contributed by atoms with E-state index < -0.39 is 0 Å². The lowest BCUT2D eigenvalue weighted by Gasteiger charge is -2.15. The molecular weight excluding hydrogens is 901 g/mol. The van der Waals surface area contributed by atoms with Crippen LogP contribution in [-0.2, 0) is 32.5 Å². The van der Waals surface area contributed by atoms with Gasteiger partial charge >= 0.3 is 0 Å². The van der Waals surface area contributed by atoms with Gasteiger partial charge in [-0.25, -0.2) is 24.9 Å². The number of pyridine rings is 1. The number of nitrogens with one attached hydrogen (secondary N) is 3. The van der Waals surface area contributed by atoms with Crippen LogP contribution >= 0.6 is 0 Å². The molecule has 1 aliphatic rings. The predicted molar refractivity (Wildman–Crippen MR) is 287 cm³/mol. The molecule has 0 aliphatic heterocycles. The fourth-order valence-electron chi connectivity index (χ4n) is 9.92. The second kappa shape index (κ2) is 20.5. The summed E-state index contributed by atoms with van der Waals surface area (Å²) in [5, 5.41) is 13.1. The number of hydrogen-bond donors (Lipinski definition) is 6. The summed E-state index contributed by atoms with van der Waals surface area (Å²) in [7, 11) is 0. The third-order valence-corrected chi connectivity index (χ3v) is 13.7. The Bertz CT molecular complexity index is 3500. The van der Waals surface area contributed by atoms with E-state index in [0.29, 0.717) is 49.6 Å². The van der Waals surface area contributed by atoms with Crippen molar-refractivity contribution in [3.63, 3.8) is 0 Å². The van der Waals surface area contributed by atoms with E-state index in [-0.39, 0.29) is 17.8 Å². The maximum Gasteiger partial charge on any atom is 0.222 e. The largest absolute Gasteiger partial charge is 0.368 e. The maximum atomic E-state index is 6.36. The van der Waals surface area contributed by atoms with Crippen LogP contribution in [0.2, 0.25) is 0 Å². The van der Waals surface area contributed by atoms with Gasteiger partial charge in [-0.15, -0.1) is 0 Å². The molecule has 366 valence electrons. The van der Waals surface area contributed by atoms with Crippen molar-refractivity contribution in [3.05, 3.63) is 138 Å². The molecule has 8 heterocycles. The molecule has 1 saturated carbocycles. The monoisotopic (exact) mass is 961 g/mol. The predicted octanol–water partition coefficient (Wildman–Crippen LogP) is 8.48. The van der Waals surface area contributed by atoms with Gasteiger partial charge in [-0.3, -0.25) is 4.98 Å². The molecule has 0 spiro atoms. The summed E-state index contributed by atoms with van der Waals surface area (Å²) in [6.07, 6.45) is 17.6. The lowest BCUT2D eigenvalue weighted by Crippen LogP contribution is -2.15. The van der Waals surface area contributed by atoms with Crippen LogP contribution in [0, 0.1) is 11.8 Å². The highest BCUT2D eigenvalue weighted by Crippen LogP contribution is 2.37. The normalized spacial score (nSPS) is 13.1. The highest BCUT2D eigenvalue weighted by molar-refractivity contribution is 5.90. The van der Waals surface area contributed by atoms with E-state index in [4.69, 9.17) is 32.2 Å². The standard InChI is InChI=1S/C54H60N18/c1-34(37-16-17-37)29-63-50-47-43(65-53(56)68-50)18-24-70(47)31-36-12-8-11-35(26-36)10-4-6-20-61-51-48-44(66-54(57)69-51)28-41(72(48)33-45-58-22-9-23-59-45)15-5-7-21-60-49-46-42(64-52(55)67-49)19-25-71(46)32-40-27-38-13-2-3-14-39(38)30-62-40/h2-3,8-9,11-14,18-19,22-28,30,34,37H,4-7,10,15-17,20-21,29,31-33H2,1H3,(H3,55,60,64,67)(H3,56,63,65,68)(H3,57,61,66,69). The van der Waals surface area contributed by atoms with Crippen LogP contribution < -0.4 is 33.2 Å². The Kier molecular flexibility index (Phi) is 13.1. The lowest BCUT2D eigenvalue weighted by atomic mass is 10.0. The molecule has 11 rings (SSSR count). The summed E-state index contributed by atoms with van der Waals surface area (Å²) in [6, 6.07) is 27.2. The summed E-state index contributed by atoms with van der Waals surface area (Å²) in [5.41, 5.74) is 28.4. The fraction of sp³-hybridized carbons (Fsp3) is 0.315. The lowest BCUT2D eigenvalue weighted by molar-refractivity contribution is 0.536. The maximum absolute atomic E-state index is 6.36. The van der Waals surface area contributed by atoms with Gasteiger partial charge in [0.1, 0.15) is 22.4 Å². The number of aromatic nitrogens is 12. The number of hydrogen-bond acceptors (Lipinski definition) is 15. The van der Waals surface area contributed by atoms with Crippen molar-refractivity contribution >= 4 is 79.2 Å². The van der Waals surface area contributed by atoms with Crippen molar-refractivity contribution < 1.29 is 0 Å². The van der Waals surface area contributed by atoms with Crippen LogP contribution in [0.15, 0.2) is 110 Å². The Balaban J connectivity index is 0.730. The van der Waals surface area contributed by atoms with E-state index in [1.807, 2.05) is 42.7 Å². The highest BCUT2D eigenvalue weighted by atomic mass is 15.2. The molecule has 2 aromatic carbocycles. The van der Waals surface area contributed by atoms with Crippen molar-refractivity contribution in [2.24, 2.45) is 11.8 Å². The first-order chi connectivity index (χ1) is 35.3. The van der Waals surface area contributed by atoms with Crippen molar-refractivity contribution in [3.8, 4) is 0 Å². The van der Waals surface area contributed by atoms with E-state index in [9.17, 15) is 0 Å². The summed E-state index contributed by atoms with van der Waals surface area (Å²) in [5.74, 6) is 5.04. The molecule has 0 amide bonds. The molecule has 0 bridgehead atoms. The molecule has 1 atom stereocenters. The molecular formula is C54H60N18. The number of anilines is 6. The summed E-state index contributed by atoms with van der Waals surface area (Å²) < 4.78 is 6.58. The fourth-order valence-corrected chi connectivity index (χ4v) is 9.92. The third-order valence-electron chi connectivity index (χ3n) is 13.7. The number of fused-ring (bicyclic) bond motifs is 4. The van der Waals surface area contributed by atoms with Crippen molar-refractivity contribution in [2.45, 2.75) is 77.9 Å². The number of nitrogen functional groups attached to an aromatic ring is 3. The number of aryl methyl sites for hydroxylation is 2. The number of nitrogens with two attached hydrogens (primary N) is 3. The summed E-state index contributed by atoms with van der Waals surface area (Å²) in [4.78, 5) is 41.6. The van der Waals surface area contributed by atoms with Gasteiger partial charge in [0.2, 0.25) is 17.8 Å². The molecule has 1 aliphatic carbocycles. The van der Waals surface area contributed by atoms with Gasteiger partial charge in [0.05, 0.1) is 35.3 Å². The van der Waals surface area contributed by atoms with E-state index in [2.05, 4.69) is 121 Å². The Morgan fingerprint density at radius 3 is 1.90 bits per heavy atom. The molecule has 72 heavy (non-hydrogen) atoms. The van der Waals surface area contributed by atoms with Gasteiger partial charge in [-0.2, -0.15) is 15.0 Å². The van der Waals surface area contributed by atoms with E-state index in [1.54, 1.807) is 12.4 Å². The number of nitrogens with zero attached hydrogens (tertiary/aromatic N) is 12. The van der Waals surface area contributed by atoms with Gasteiger partial charge in [0.25, 0.3) is 0 Å². The first-order valence-electron chi connectivity index (χ1n) is 25.1. The second-order valence-electron chi connectivity index (χ2n) is 19.1. The zero-order valence-corrected chi connectivity index (χ0v) is 40.5. The minimum Gasteiger partial charge on any atom is -0.368 e. The molecule has 0 saturated heterocycles. The average molecular weight is 961 g/mol. The first-order valence-corrected chi connectivity index (χ1v) is 25.1. The Morgan fingerprint density at radius 1 is 0.569 bits per heavy atom. The minimum atomic E-state index is 0.225. The van der Waals surface area contributed by atoms with Gasteiger partial charge < -0.3 is 46.9 Å². The van der Waals surface area contributed by atoms with Crippen molar-refractivity contribution in [1.29, 1.82) is 0 Å². The number of unbranched alkanes of at least 4 members (excludes halogenated alkanes) is 2. The minimum absolute atomic E-state index is 0.225. The Labute approximate surface area is 417 Å². The van der Waals surface area contributed by atoms with E-state index in [0.717, 1.165) is 119 Å². The molecule has 0 radical (unpaired) electrons. The molecule has 8 aromatic heterocycles. The molecule has 10 aromatic rings. The topological polar surface area (TPSA) is 245 Å². The zero-order chi connectivity index (χ0) is 49.0. The Hall–Kier alpha value is -8.41. The third kappa shape index (κ3) is 10.4. The molecule has 1 unspecified atom stereocenters. The average Bonchev–Trinajstić information content (AvgIpc) is 3.93. The zero-order valence-electron chi connectivity index (χ0n) is 40.5. The van der Waals surface area contributed by atoms with Crippen LogP contribution in [0.1, 0.15) is 73.8 Å². The van der Waals surface area contributed by atoms with Crippen LogP contribution in [0.25, 0.3) is 43.9 Å². The van der Waals surface area contributed by atoms with Crippen LogP contribution in [0.4, 0.5) is 35.3 Å². The van der Waals surface area contributed by atoms with Gasteiger partial charge in [-0.1, -0.05) is 55.5 Å². The van der Waals surface area contributed by atoms with Gasteiger partial charge in [0.15, 0.2) is 17.5 Å². The number of benzene rings is 2. The highest BCUT2D eigenvalue weighted by Gasteiger charge is 2.28. The quantitative estimate of drug-likeness (QED) is 0.0349. The van der Waals surface area contributed by atoms with E-state index in [1.165, 1.54) is 24.0 Å². The molecule has 9 N–H and O–H groups in total. The van der Waals surface area contributed by atoms with Crippen molar-refractivity contribution in [2.75, 3.05) is 52.8 Å². The summed E-state index contributed by atoms with van der Waals surface area (Å²) in [6.45, 7) is 6.33. The number of rotatable bonds is 22. The van der Waals surface area contributed by atoms with Gasteiger partial charge in [0, 0.05) is 68.2 Å². The first kappa shape index (κ1) is 46.0. The second-order valence-corrected chi connectivity index (χ2v) is 19.1. The van der Waals surface area contributed by atoms with Crippen LogP contribution in [0.5, 0.6) is 0 Å². The molecule has 1 fully saturated rings. The van der Waals surface area contributed by atoms with Crippen LogP contribution in [-0.4, -0.2) is 78.2 Å². The Morgan fingerprint density at radius 2 is 1.19 bits per heavy atom. The summed E-state index contributed by atoms with van der Waals surface area (Å²) >= 11 is 0. The van der Waals surface area contributed by atoms with Crippen molar-refractivity contribution in [1.82, 2.24) is 58.6 Å².